The Kier molecular flexibility index (Phi) is 4.67. The van der Waals surface area contributed by atoms with E-state index < -0.39 is 9.84 Å². The van der Waals surface area contributed by atoms with E-state index in [1.807, 2.05) is 0 Å². The Morgan fingerprint density at radius 2 is 2.06 bits per heavy atom. The highest BCUT2D eigenvalue weighted by atomic mass is 32.2. The largest absolute Gasteiger partial charge is 0.378 e. The second kappa shape index (κ2) is 5.88. The van der Waals surface area contributed by atoms with Gasteiger partial charge >= 0.3 is 0 Å². The minimum atomic E-state index is -2.91. The van der Waals surface area contributed by atoms with Gasteiger partial charge < -0.3 is 10.5 Å². The summed E-state index contributed by atoms with van der Waals surface area (Å²) in [5.41, 5.74) is 6.26. The second-order valence-corrected chi connectivity index (χ2v) is 8.24. The van der Waals surface area contributed by atoms with Crippen LogP contribution in [0, 0.1) is 5.92 Å². The van der Waals surface area contributed by atoms with Crippen LogP contribution < -0.4 is 5.73 Å². The average Bonchev–Trinajstić information content (AvgIpc) is 2.81. The molecule has 1 saturated heterocycles. The Balaban J connectivity index is 1.87. The number of hydrogen-bond donors (Lipinski definition) is 1. The quantitative estimate of drug-likeness (QED) is 0.844. The third kappa shape index (κ3) is 3.68. The fraction of sp³-hybridized carbons (Fsp3) is 1.00. The van der Waals surface area contributed by atoms with Gasteiger partial charge in [-0.1, -0.05) is 6.42 Å². The van der Waals surface area contributed by atoms with Crippen molar-refractivity contribution < 1.29 is 13.2 Å². The van der Waals surface area contributed by atoms with E-state index in [9.17, 15) is 8.42 Å². The molecule has 0 radical (unpaired) electrons. The molecule has 0 spiro atoms. The molecule has 4 unspecified atom stereocenters. The topological polar surface area (TPSA) is 69.4 Å². The van der Waals surface area contributed by atoms with Crippen molar-refractivity contribution in [2.75, 3.05) is 12.9 Å². The van der Waals surface area contributed by atoms with Gasteiger partial charge in [-0.2, -0.15) is 0 Å². The van der Waals surface area contributed by atoms with Gasteiger partial charge in [-0.25, -0.2) is 8.42 Å². The Morgan fingerprint density at radius 3 is 2.67 bits per heavy atom. The molecule has 4 atom stereocenters. The molecular formula is C13H25NO3S. The molecular weight excluding hydrogens is 250 g/mol. The van der Waals surface area contributed by atoms with Crippen LogP contribution in [-0.4, -0.2) is 38.7 Å². The zero-order valence-electron chi connectivity index (χ0n) is 11.2. The Morgan fingerprint density at radius 1 is 1.28 bits per heavy atom. The first-order valence-electron chi connectivity index (χ1n) is 7.03. The van der Waals surface area contributed by atoms with Crippen molar-refractivity contribution in [3.63, 3.8) is 0 Å². The second-order valence-electron chi connectivity index (χ2n) is 5.91. The summed E-state index contributed by atoms with van der Waals surface area (Å²) in [5, 5.41) is -0.174. The van der Waals surface area contributed by atoms with Gasteiger partial charge in [0.15, 0.2) is 0 Å². The maximum Gasteiger partial charge on any atom is 0.150 e. The van der Waals surface area contributed by atoms with E-state index in [1.165, 1.54) is 6.26 Å². The average molecular weight is 275 g/mol. The van der Waals surface area contributed by atoms with E-state index in [0.717, 1.165) is 51.6 Å². The first-order valence-corrected chi connectivity index (χ1v) is 8.98. The summed E-state index contributed by atoms with van der Waals surface area (Å²) in [6, 6.07) is 0.0950. The summed E-state index contributed by atoms with van der Waals surface area (Å²) in [4.78, 5) is 0. The van der Waals surface area contributed by atoms with Gasteiger partial charge in [0.05, 0.1) is 11.4 Å². The van der Waals surface area contributed by atoms with E-state index in [2.05, 4.69) is 0 Å². The van der Waals surface area contributed by atoms with E-state index in [-0.39, 0.29) is 11.3 Å². The lowest BCUT2D eigenvalue weighted by Crippen LogP contribution is -2.39. The molecule has 1 aliphatic carbocycles. The fourth-order valence-electron chi connectivity index (χ4n) is 3.29. The highest BCUT2D eigenvalue weighted by Crippen LogP contribution is 2.32. The number of hydrogen-bond acceptors (Lipinski definition) is 4. The van der Waals surface area contributed by atoms with Gasteiger partial charge in [0.1, 0.15) is 9.84 Å². The molecule has 2 rings (SSSR count). The van der Waals surface area contributed by atoms with Crippen LogP contribution in [0.2, 0.25) is 0 Å². The Bertz CT molecular complexity index is 362. The molecule has 106 valence electrons. The number of rotatable bonds is 4. The van der Waals surface area contributed by atoms with E-state index in [1.54, 1.807) is 0 Å². The summed E-state index contributed by atoms with van der Waals surface area (Å²) >= 11 is 0. The molecule has 0 bridgehead atoms. The summed E-state index contributed by atoms with van der Waals surface area (Å²) in [6.07, 6.45) is 8.39. The van der Waals surface area contributed by atoms with Crippen molar-refractivity contribution in [2.45, 2.75) is 62.3 Å². The van der Waals surface area contributed by atoms with Gasteiger partial charge in [-0.15, -0.1) is 0 Å². The molecule has 0 amide bonds. The van der Waals surface area contributed by atoms with Gasteiger partial charge in [-0.3, -0.25) is 0 Å². The van der Waals surface area contributed by atoms with Gasteiger partial charge in [-0.05, 0) is 44.4 Å². The van der Waals surface area contributed by atoms with E-state index in [0.29, 0.717) is 12.0 Å². The van der Waals surface area contributed by atoms with E-state index >= 15 is 0 Å². The Labute approximate surface area is 110 Å². The molecule has 4 nitrogen and oxygen atoms in total. The van der Waals surface area contributed by atoms with Crippen LogP contribution in [0.15, 0.2) is 0 Å². The van der Waals surface area contributed by atoms with Crippen molar-refractivity contribution in [3.05, 3.63) is 0 Å². The van der Waals surface area contributed by atoms with Crippen molar-refractivity contribution in [1.29, 1.82) is 0 Å². The zero-order valence-corrected chi connectivity index (χ0v) is 12.0. The summed E-state index contributed by atoms with van der Waals surface area (Å²) in [5.74, 6) is 0.350. The van der Waals surface area contributed by atoms with Crippen LogP contribution in [0.1, 0.15) is 44.9 Å². The van der Waals surface area contributed by atoms with Crippen LogP contribution in [0.4, 0.5) is 0 Å². The number of nitrogens with two attached hydrogens (primary N) is 1. The normalized spacial score (nSPS) is 35.6. The van der Waals surface area contributed by atoms with Gasteiger partial charge in [0.25, 0.3) is 0 Å². The van der Waals surface area contributed by atoms with Crippen LogP contribution >= 0.6 is 0 Å². The standard InChI is InChI=1S/C13H25NO3S/c1-18(15,16)12-6-2-4-10(8-12)13(14)9-11-5-3-7-17-11/h10-13H,2-9,14H2,1H3. The number of ether oxygens (including phenoxy) is 1. The molecule has 0 aromatic rings. The monoisotopic (exact) mass is 275 g/mol. The first kappa shape index (κ1) is 14.3. The molecule has 0 aromatic carbocycles. The molecule has 18 heavy (non-hydrogen) atoms. The molecule has 2 aliphatic rings. The highest BCUT2D eigenvalue weighted by molar-refractivity contribution is 7.91. The molecule has 2 N–H and O–H groups in total. The smallest absolute Gasteiger partial charge is 0.150 e. The lowest BCUT2D eigenvalue weighted by molar-refractivity contribution is 0.0892. The molecule has 1 heterocycles. The van der Waals surface area contributed by atoms with Crippen molar-refractivity contribution in [2.24, 2.45) is 11.7 Å². The maximum absolute atomic E-state index is 11.6. The minimum absolute atomic E-state index is 0.0950. The fourth-order valence-corrected chi connectivity index (χ4v) is 4.48. The van der Waals surface area contributed by atoms with Crippen LogP contribution in [-0.2, 0) is 14.6 Å². The Hall–Kier alpha value is -0.130. The van der Waals surface area contributed by atoms with Crippen LogP contribution in [0.5, 0.6) is 0 Å². The first-order chi connectivity index (χ1) is 8.47. The van der Waals surface area contributed by atoms with Crippen molar-refractivity contribution in [1.82, 2.24) is 0 Å². The molecule has 5 heteroatoms. The van der Waals surface area contributed by atoms with Gasteiger partial charge in [0, 0.05) is 18.9 Å². The lowest BCUT2D eigenvalue weighted by Gasteiger charge is -2.32. The summed E-state index contributed by atoms with van der Waals surface area (Å²) in [6.45, 7) is 0.855. The summed E-state index contributed by atoms with van der Waals surface area (Å²) in [7, 11) is -2.91. The van der Waals surface area contributed by atoms with Crippen molar-refractivity contribution in [3.8, 4) is 0 Å². The van der Waals surface area contributed by atoms with Crippen molar-refractivity contribution >= 4 is 9.84 Å². The predicted molar refractivity (Wildman–Crippen MR) is 72.2 cm³/mol. The lowest BCUT2D eigenvalue weighted by atomic mass is 9.82. The molecule has 2 fully saturated rings. The third-order valence-corrected chi connectivity index (χ3v) is 6.08. The maximum atomic E-state index is 11.6. The zero-order chi connectivity index (χ0) is 13.2. The van der Waals surface area contributed by atoms with Crippen LogP contribution in [0.3, 0.4) is 0 Å². The SMILES string of the molecule is CS(=O)(=O)C1CCCC(C(N)CC2CCCO2)C1. The van der Waals surface area contributed by atoms with E-state index in [4.69, 9.17) is 10.5 Å². The highest BCUT2D eigenvalue weighted by Gasteiger charge is 2.33. The van der Waals surface area contributed by atoms with Gasteiger partial charge in [0.2, 0.25) is 0 Å². The minimum Gasteiger partial charge on any atom is -0.378 e. The third-order valence-electron chi connectivity index (χ3n) is 4.44. The molecule has 0 aromatic heterocycles. The number of sulfone groups is 1. The van der Waals surface area contributed by atoms with Crippen LogP contribution in [0.25, 0.3) is 0 Å². The molecule has 1 aliphatic heterocycles. The summed E-state index contributed by atoms with van der Waals surface area (Å²) < 4.78 is 28.9. The molecule has 1 saturated carbocycles. The predicted octanol–water partition coefficient (Wildman–Crippen LogP) is 1.49.